The fraction of sp³-hybridized carbons (Fsp3) is 0.533. The summed E-state index contributed by atoms with van der Waals surface area (Å²) < 4.78 is 17.1. The molecule has 2 amide bonds. The van der Waals surface area contributed by atoms with Gasteiger partial charge in [0, 0.05) is 82.4 Å². The van der Waals surface area contributed by atoms with Gasteiger partial charge in [-0.2, -0.15) is 4.98 Å². The van der Waals surface area contributed by atoms with Gasteiger partial charge in [-0.1, -0.05) is 43.7 Å². The largest absolute Gasteiger partial charge is 0.393 e. The second kappa shape index (κ2) is 20.4. The smallest absolute Gasteiger partial charge is 0.329 e. The van der Waals surface area contributed by atoms with Crippen LogP contribution in [0.15, 0.2) is 59.7 Å². The van der Waals surface area contributed by atoms with E-state index in [1.165, 1.54) is 10.1 Å². The van der Waals surface area contributed by atoms with Crippen molar-refractivity contribution in [2.75, 3.05) is 44.8 Å². The molecule has 1 aliphatic heterocycles. The fourth-order valence-electron chi connectivity index (χ4n) is 8.31. The summed E-state index contributed by atoms with van der Waals surface area (Å²) in [5.74, 6) is -0.0548. The molecule has 4 heterocycles. The molecule has 1 saturated carbocycles. The van der Waals surface area contributed by atoms with Crippen molar-refractivity contribution in [2.24, 2.45) is 7.05 Å². The molecule has 1 unspecified atom stereocenters. The van der Waals surface area contributed by atoms with Crippen LogP contribution in [0.1, 0.15) is 101 Å². The standard InChI is InChI=1S/C45H60N8O6/c1-3-4-22-47-44-48-29-36-37(30-52(42(36)50-44)34-14-16-35(54)17-15-34)33-12-9-32(10-13-33)28-46-21-6-24-59-26-7-25-58-23-5-8-31-11-18-38-40(27-31)51(2)45(57)53(38)39-19-20-41(55)49-43(39)56/h9-13,18,27,29-30,34-35,39,46,54H,3-8,14-17,19-26,28H2,1-2H3,(H,47,48,50)(H,49,55,56)/t34-,35-,39?. The van der Waals surface area contributed by atoms with Crippen LogP contribution in [0.2, 0.25) is 0 Å². The number of amides is 2. The third-order valence-electron chi connectivity index (χ3n) is 11.7. The number of ether oxygens (including phenoxy) is 2. The van der Waals surface area contributed by atoms with Crippen LogP contribution in [-0.2, 0) is 39.1 Å². The van der Waals surface area contributed by atoms with Gasteiger partial charge in [0.25, 0.3) is 0 Å². The van der Waals surface area contributed by atoms with Gasteiger partial charge in [-0.3, -0.25) is 24.0 Å². The summed E-state index contributed by atoms with van der Waals surface area (Å²) in [7, 11) is 1.71. The quantitative estimate of drug-likeness (QED) is 0.0514. The zero-order chi connectivity index (χ0) is 41.1. The highest BCUT2D eigenvalue weighted by Crippen LogP contribution is 2.37. The number of imide groups is 1. The number of aryl methyl sites for hydroxylation is 2. The number of hydrogen-bond donors (Lipinski definition) is 4. The predicted octanol–water partition coefficient (Wildman–Crippen LogP) is 5.95. The number of nitrogens with zero attached hydrogens (tertiary/aromatic N) is 5. The lowest BCUT2D eigenvalue weighted by molar-refractivity contribution is -0.135. The van der Waals surface area contributed by atoms with E-state index < -0.39 is 11.9 Å². The summed E-state index contributed by atoms with van der Waals surface area (Å²) in [6.07, 6.45) is 13.7. The first kappa shape index (κ1) is 42.2. The molecule has 316 valence electrons. The molecule has 14 heteroatoms. The Morgan fingerprint density at radius 2 is 1.61 bits per heavy atom. The summed E-state index contributed by atoms with van der Waals surface area (Å²) >= 11 is 0. The number of benzene rings is 2. The molecule has 1 saturated heterocycles. The van der Waals surface area contributed by atoms with Gasteiger partial charge in [-0.05, 0) is 99.6 Å². The number of fused-ring (bicyclic) bond motifs is 2. The molecule has 2 aromatic carbocycles. The van der Waals surface area contributed by atoms with Crippen LogP contribution in [0.3, 0.4) is 0 Å². The topological polar surface area (TPSA) is 167 Å². The molecule has 5 aromatic rings. The first-order valence-electron chi connectivity index (χ1n) is 21.6. The minimum atomic E-state index is -0.681. The summed E-state index contributed by atoms with van der Waals surface area (Å²) in [6, 6.07) is 14.3. The molecule has 14 nitrogen and oxygen atoms in total. The molecular formula is C45H60N8O6. The van der Waals surface area contributed by atoms with Gasteiger partial charge in [0.1, 0.15) is 11.7 Å². The first-order chi connectivity index (χ1) is 28.8. The normalized spacial score (nSPS) is 18.5. The Kier molecular flexibility index (Phi) is 14.6. The number of carbonyl (C=O) groups excluding carboxylic acids is 2. The Hall–Kier alpha value is -4.89. The molecule has 3 aromatic heterocycles. The van der Waals surface area contributed by atoms with E-state index in [0.717, 1.165) is 117 Å². The summed E-state index contributed by atoms with van der Waals surface area (Å²) in [6.45, 7) is 7.34. The van der Waals surface area contributed by atoms with Gasteiger partial charge < -0.3 is 29.8 Å². The highest BCUT2D eigenvalue weighted by molar-refractivity contribution is 6.00. The molecule has 0 bridgehead atoms. The van der Waals surface area contributed by atoms with Crippen LogP contribution in [0.25, 0.3) is 33.2 Å². The summed E-state index contributed by atoms with van der Waals surface area (Å²) in [5, 5.41) is 20.5. The zero-order valence-electron chi connectivity index (χ0n) is 34.6. The van der Waals surface area contributed by atoms with Gasteiger partial charge in [0.2, 0.25) is 17.8 Å². The van der Waals surface area contributed by atoms with Crippen molar-refractivity contribution in [3.63, 3.8) is 0 Å². The molecule has 0 radical (unpaired) electrons. The average molecular weight is 809 g/mol. The van der Waals surface area contributed by atoms with Crippen molar-refractivity contribution in [2.45, 2.75) is 109 Å². The predicted molar refractivity (Wildman–Crippen MR) is 229 cm³/mol. The number of aliphatic hydroxyl groups excluding tert-OH is 1. The molecule has 2 fully saturated rings. The third-order valence-corrected chi connectivity index (χ3v) is 11.7. The van der Waals surface area contributed by atoms with Crippen LogP contribution in [-0.4, -0.2) is 86.2 Å². The number of aliphatic hydroxyl groups is 1. The highest BCUT2D eigenvalue weighted by atomic mass is 16.5. The minimum Gasteiger partial charge on any atom is -0.393 e. The maximum Gasteiger partial charge on any atom is 0.329 e. The second-order valence-corrected chi connectivity index (χ2v) is 16.0. The monoisotopic (exact) mass is 808 g/mol. The summed E-state index contributed by atoms with van der Waals surface area (Å²) in [4.78, 5) is 46.7. The Balaban J connectivity index is 0.779. The number of anilines is 1. The lowest BCUT2D eigenvalue weighted by Gasteiger charge is -2.27. The molecule has 59 heavy (non-hydrogen) atoms. The zero-order valence-corrected chi connectivity index (χ0v) is 34.6. The van der Waals surface area contributed by atoms with Crippen molar-refractivity contribution in [3.05, 3.63) is 76.5 Å². The van der Waals surface area contributed by atoms with Crippen molar-refractivity contribution in [1.82, 2.24) is 34.3 Å². The van der Waals surface area contributed by atoms with E-state index in [1.54, 1.807) is 11.6 Å². The van der Waals surface area contributed by atoms with Gasteiger partial charge in [0.15, 0.2) is 0 Å². The lowest BCUT2D eigenvalue weighted by Crippen LogP contribution is -2.44. The molecule has 7 rings (SSSR count). The van der Waals surface area contributed by atoms with E-state index in [1.807, 2.05) is 24.4 Å². The molecule has 4 N–H and O–H groups in total. The Labute approximate surface area is 345 Å². The van der Waals surface area contributed by atoms with Crippen molar-refractivity contribution < 1.29 is 24.2 Å². The lowest BCUT2D eigenvalue weighted by atomic mass is 9.93. The Morgan fingerprint density at radius 1 is 0.864 bits per heavy atom. The minimum absolute atomic E-state index is 0.203. The SMILES string of the molecule is CCCCNc1ncc2c(-c3ccc(CNCCCOCCCOCCCc4ccc5c(c4)n(C)c(=O)n5C4CCC(=O)NC4=O)cc3)cn([C@H]3CC[C@H](O)CC3)c2n1. The molecule has 1 aliphatic carbocycles. The number of imidazole rings is 1. The third kappa shape index (κ3) is 10.5. The van der Waals surface area contributed by atoms with Gasteiger partial charge in [-0.15, -0.1) is 0 Å². The summed E-state index contributed by atoms with van der Waals surface area (Å²) in [5.41, 5.74) is 6.78. The van der Waals surface area contributed by atoms with Gasteiger partial charge >= 0.3 is 5.69 Å². The van der Waals surface area contributed by atoms with E-state index in [9.17, 15) is 19.5 Å². The number of piperidine rings is 1. The Morgan fingerprint density at radius 3 is 2.37 bits per heavy atom. The maximum absolute atomic E-state index is 13.0. The highest BCUT2D eigenvalue weighted by Gasteiger charge is 2.31. The number of carbonyl (C=O) groups is 2. The van der Waals surface area contributed by atoms with Crippen molar-refractivity contribution >= 4 is 39.8 Å². The number of aromatic nitrogens is 5. The molecular weight excluding hydrogens is 749 g/mol. The molecule has 2 aliphatic rings. The van der Waals surface area contributed by atoms with E-state index in [0.29, 0.717) is 50.4 Å². The van der Waals surface area contributed by atoms with Crippen molar-refractivity contribution in [3.8, 4) is 11.1 Å². The number of hydrogen-bond acceptors (Lipinski definition) is 10. The van der Waals surface area contributed by atoms with Crippen LogP contribution >= 0.6 is 0 Å². The number of unbranched alkanes of at least 4 members (excludes halogenated alkanes) is 1. The first-order valence-corrected chi connectivity index (χ1v) is 21.6. The van der Waals surface area contributed by atoms with Crippen LogP contribution < -0.4 is 21.6 Å². The van der Waals surface area contributed by atoms with E-state index in [2.05, 4.69) is 62.9 Å². The van der Waals surface area contributed by atoms with Crippen LogP contribution in [0.4, 0.5) is 5.95 Å². The average Bonchev–Trinajstić information content (AvgIpc) is 3.73. The fourth-order valence-corrected chi connectivity index (χ4v) is 8.31. The number of rotatable bonds is 21. The second-order valence-electron chi connectivity index (χ2n) is 16.0. The molecule has 0 spiro atoms. The van der Waals surface area contributed by atoms with Crippen LogP contribution in [0, 0.1) is 0 Å². The molecule has 1 atom stereocenters. The van der Waals surface area contributed by atoms with E-state index in [-0.39, 0.29) is 24.1 Å². The van der Waals surface area contributed by atoms with Gasteiger partial charge in [0.05, 0.1) is 17.1 Å². The van der Waals surface area contributed by atoms with E-state index >= 15 is 0 Å². The maximum atomic E-state index is 13.0. The van der Waals surface area contributed by atoms with Crippen LogP contribution in [0.5, 0.6) is 0 Å². The van der Waals surface area contributed by atoms with E-state index in [4.69, 9.17) is 14.5 Å². The van der Waals surface area contributed by atoms with Crippen molar-refractivity contribution in [1.29, 1.82) is 0 Å². The Bertz CT molecular complexity index is 2240. The number of nitrogens with one attached hydrogen (secondary N) is 3. The van der Waals surface area contributed by atoms with Gasteiger partial charge in [-0.25, -0.2) is 9.78 Å².